The zero-order valence-electron chi connectivity index (χ0n) is 11.0. The van der Waals surface area contributed by atoms with Crippen LogP contribution in [0.15, 0.2) is 18.2 Å². The van der Waals surface area contributed by atoms with Gasteiger partial charge in [-0.15, -0.1) is 0 Å². The highest BCUT2D eigenvalue weighted by Gasteiger charge is 2.42. The fourth-order valence-corrected chi connectivity index (χ4v) is 2.62. The van der Waals surface area contributed by atoms with Crippen LogP contribution >= 0.6 is 0 Å². The minimum Gasteiger partial charge on any atom is -0.382 e. The van der Waals surface area contributed by atoms with Gasteiger partial charge in [0.15, 0.2) is 0 Å². The largest absolute Gasteiger partial charge is 0.391 e. The molecule has 1 saturated carbocycles. The number of nitrogens with zero attached hydrogens (tertiary/aromatic N) is 1. The zero-order valence-corrected chi connectivity index (χ0v) is 11.0. The number of nitro benzene ring substituents is 1. The second-order valence-corrected chi connectivity index (χ2v) is 5.20. The maximum Gasteiger partial charge on any atom is 0.391 e. The van der Waals surface area contributed by atoms with Gasteiger partial charge in [0, 0.05) is 17.8 Å². The summed E-state index contributed by atoms with van der Waals surface area (Å²) >= 11 is 0. The van der Waals surface area contributed by atoms with Crippen molar-refractivity contribution < 1.29 is 22.5 Å². The van der Waals surface area contributed by atoms with Crippen LogP contribution in [0.2, 0.25) is 0 Å². The maximum absolute atomic E-state index is 13.3. The van der Waals surface area contributed by atoms with Gasteiger partial charge in [-0.3, -0.25) is 10.1 Å². The van der Waals surface area contributed by atoms with E-state index in [-0.39, 0.29) is 18.5 Å². The van der Waals surface area contributed by atoms with Crippen LogP contribution in [0, 0.1) is 21.8 Å². The molecule has 1 aliphatic rings. The molecule has 8 heteroatoms. The van der Waals surface area contributed by atoms with E-state index in [0.29, 0.717) is 12.8 Å². The molecular formula is C13H14F4N2O2. The average molecular weight is 306 g/mol. The Morgan fingerprint density at radius 1 is 1.24 bits per heavy atom. The first kappa shape index (κ1) is 15.5. The first-order valence-electron chi connectivity index (χ1n) is 6.54. The summed E-state index contributed by atoms with van der Waals surface area (Å²) in [5, 5.41) is 13.4. The lowest BCUT2D eigenvalue weighted by atomic mass is 9.85. The van der Waals surface area contributed by atoms with Crippen molar-refractivity contribution in [2.24, 2.45) is 5.92 Å². The standard InChI is InChI=1S/C13H14F4N2O2/c14-9-5-11(7-12(6-9)19(20)21)18-10-3-1-2-8(4-10)13(15,16)17/h5-8,10,18H,1-4H2. The summed E-state index contributed by atoms with van der Waals surface area (Å²) in [6.45, 7) is 0. The van der Waals surface area contributed by atoms with E-state index in [0.717, 1.165) is 18.2 Å². The van der Waals surface area contributed by atoms with Crippen molar-refractivity contribution in [1.82, 2.24) is 0 Å². The van der Waals surface area contributed by atoms with Gasteiger partial charge in [0.25, 0.3) is 5.69 Å². The zero-order chi connectivity index (χ0) is 15.6. The van der Waals surface area contributed by atoms with Crippen molar-refractivity contribution >= 4 is 11.4 Å². The van der Waals surface area contributed by atoms with E-state index in [9.17, 15) is 27.7 Å². The summed E-state index contributed by atoms with van der Waals surface area (Å²) in [7, 11) is 0. The monoisotopic (exact) mass is 306 g/mol. The van der Waals surface area contributed by atoms with Gasteiger partial charge in [-0.1, -0.05) is 6.42 Å². The molecule has 0 heterocycles. The molecule has 1 aliphatic carbocycles. The summed E-state index contributed by atoms with van der Waals surface area (Å²) in [5.41, 5.74) is -0.296. The molecule has 0 spiro atoms. The SMILES string of the molecule is O=[N+]([O-])c1cc(F)cc(NC2CCCC(C(F)(F)F)C2)c1. The number of halogens is 4. The molecule has 1 aromatic carbocycles. The number of hydrogen-bond acceptors (Lipinski definition) is 3. The van der Waals surface area contributed by atoms with Gasteiger partial charge in [0.1, 0.15) is 5.82 Å². The molecule has 1 fully saturated rings. The highest BCUT2D eigenvalue weighted by atomic mass is 19.4. The average Bonchev–Trinajstić information content (AvgIpc) is 2.37. The Kier molecular flexibility index (Phi) is 4.34. The highest BCUT2D eigenvalue weighted by molar-refractivity contribution is 5.52. The minimum atomic E-state index is -4.24. The molecule has 1 N–H and O–H groups in total. The van der Waals surface area contributed by atoms with Crippen LogP contribution < -0.4 is 5.32 Å². The fraction of sp³-hybridized carbons (Fsp3) is 0.538. The molecule has 0 saturated heterocycles. The summed E-state index contributed by atoms with van der Waals surface area (Å²) < 4.78 is 51.4. The molecule has 2 atom stereocenters. The van der Waals surface area contributed by atoms with Crippen molar-refractivity contribution in [3.05, 3.63) is 34.1 Å². The highest BCUT2D eigenvalue weighted by Crippen LogP contribution is 2.38. The van der Waals surface area contributed by atoms with Gasteiger partial charge in [-0.2, -0.15) is 13.2 Å². The molecular weight excluding hydrogens is 292 g/mol. The molecule has 1 aromatic rings. The molecule has 0 aromatic heterocycles. The van der Waals surface area contributed by atoms with E-state index in [4.69, 9.17) is 0 Å². The van der Waals surface area contributed by atoms with Crippen LogP contribution in [-0.2, 0) is 0 Å². The molecule has 2 rings (SSSR count). The Morgan fingerprint density at radius 2 is 1.95 bits per heavy atom. The van der Waals surface area contributed by atoms with E-state index in [2.05, 4.69) is 5.32 Å². The third-order valence-electron chi connectivity index (χ3n) is 3.60. The number of non-ortho nitro benzene ring substituents is 1. The summed E-state index contributed by atoms with van der Waals surface area (Å²) in [6, 6.07) is 2.47. The van der Waals surface area contributed by atoms with Crippen molar-refractivity contribution in [1.29, 1.82) is 0 Å². The predicted molar refractivity (Wildman–Crippen MR) is 68.5 cm³/mol. The van der Waals surface area contributed by atoms with Crippen LogP contribution in [0.25, 0.3) is 0 Å². The molecule has 0 amide bonds. The van der Waals surface area contributed by atoms with Gasteiger partial charge in [-0.05, 0) is 25.3 Å². The number of rotatable bonds is 3. The number of nitrogens with one attached hydrogen (secondary N) is 1. The maximum atomic E-state index is 13.3. The van der Waals surface area contributed by atoms with Crippen molar-refractivity contribution in [2.75, 3.05) is 5.32 Å². The molecule has 21 heavy (non-hydrogen) atoms. The fourth-order valence-electron chi connectivity index (χ4n) is 2.62. The topological polar surface area (TPSA) is 55.2 Å². The molecule has 4 nitrogen and oxygen atoms in total. The van der Waals surface area contributed by atoms with Gasteiger partial charge in [0.2, 0.25) is 0 Å². The number of hydrogen-bond donors (Lipinski definition) is 1. The normalized spacial score (nSPS) is 22.9. The van der Waals surface area contributed by atoms with E-state index in [1.807, 2.05) is 0 Å². The third-order valence-corrected chi connectivity index (χ3v) is 3.60. The summed E-state index contributed by atoms with van der Waals surface area (Å²) in [6.07, 6.45) is -3.32. The van der Waals surface area contributed by atoms with Crippen molar-refractivity contribution in [2.45, 2.75) is 37.9 Å². The first-order chi connectivity index (χ1) is 9.75. The van der Waals surface area contributed by atoms with E-state index in [1.165, 1.54) is 0 Å². The minimum absolute atomic E-state index is 0.0883. The van der Waals surface area contributed by atoms with Gasteiger partial charge < -0.3 is 5.32 Å². The van der Waals surface area contributed by atoms with Crippen LogP contribution in [0.1, 0.15) is 25.7 Å². The number of nitro groups is 1. The second-order valence-electron chi connectivity index (χ2n) is 5.20. The predicted octanol–water partition coefficient (Wildman–Crippen LogP) is 4.27. The smallest absolute Gasteiger partial charge is 0.382 e. The van der Waals surface area contributed by atoms with Gasteiger partial charge >= 0.3 is 6.18 Å². The van der Waals surface area contributed by atoms with E-state index >= 15 is 0 Å². The second kappa shape index (κ2) is 5.87. The first-order valence-corrected chi connectivity index (χ1v) is 6.54. The Bertz CT molecular complexity index is 533. The summed E-state index contributed by atoms with van der Waals surface area (Å²) in [5.74, 6) is -2.18. The lowest BCUT2D eigenvalue weighted by molar-refractivity contribution is -0.385. The van der Waals surface area contributed by atoms with Crippen molar-refractivity contribution in [3.8, 4) is 0 Å². The van der Waals surface area contributed by atoms with Crippen LogP contribution in [0.3, 0.4) is 0 Å². The Labute approximate surface area is 118 Å². The molecule has 0 bridgehead atoms. The summed E-state index contributed by atoms with van der Waals surface area (Å²) in [4.78, 5) is 9.90. The molecule has 0 radical (unpaired) electrons. The Morgan fingerprint density at radius 3 is 2.57 bits per heavy atom. The number of benzene rings is 1. The number of alkyl halides is 3. The molecule has 2 unspecified atom stereocenters. The molecule has 0 aliphatic heterocycles. The van der Waals surface area contributed by atoms with Gasteiger partial charge in [0.05, 0.1) is 16.9 Å². The van der Waals surface area contributed by atoms with E-state index in [1.54, 1.807) is 0 Å². The third kappa shape index (κ3) is 4.05. The lowest BCUT2D eigenvalue weighted by Crippen LogP contribution is -2.34. The Balaban J connectivity index is 2.09. The van der Waals surface area contributed by atoms with Crippen LogP contribution in [-0.4, -0.2) is 17.1 Å². The lowest BCUT2D eigenvalue weighted by Gasteiger charge is -2.31. The number of anilines is 1. The van der Waals surface area contributed by atoms with Crippen LogP contribution in [0.5, 0.6) is 0 Å². The van der Waals surface area contributed by atoms with Gasteiger partial charge in [-0.25, -0.2) is 4.39 Å². The van der Waals surface area contributed by atoms with E-state index < -0.39 is 34.6 Å². The Hall–Kier alpha value is -1.86. The quantitative estimate of drug-likeness (QED) is 0.515. The molecule has 116 valence electrons. The van der Waals surface area contributed by atoms with Crippen LogP contribution in [0.4, 0.5) is 28.9 Å². The van der Waals surface area contributed by atoms with Crippen molar-refractivity contribution in [3.63, 3.8) is 0 Å².